The van der Waals surface area contributed by atoms with E-state index < -0.39 is 0 Å². The molecule has 2 heterocycles. The van der Waals surface area contributed by atoms with E-state index in [1.54, 1.807) is 6.20 Å². The summed E-state index contributed by atoms with van der Waals surface area (Å²) in [4.78, 5) is 13.4. The van der Waals surface area contributed by atoms with Crippen LogP contribution in [0.5, 0.6) is 0 Å². The molecule has 0 aliphatic carbocycles. The van der Waals surface area contributed by atoms with Crippen LogP contribution in [0.25, 0.3) is 0 Å². The van der Waals surface area contributed by atoms with Crippen molar-refractivity contribution in [2.75, 3.05) is 47.8 Å². The maximum atomic E-state index is 13.0. The molecule has 0 amide bonds. The zero-order valence-corrected chi connectivity index (χ0v) is 13.4. The van der Waals surface area contributed by atoms with Crippen LogP contribution in [0.2, 0.25) is 0 Å². The quantitative estimate of drug-likeness (QED) is 0.919. The van der Waals surface area contributed by atoms with Crippen LogP contribution in [0.4, 0.5) is 21.8 Å². The molecule has 23 heavy (non-hydrogen) atoms. The van der Waals surface area contributed by atoms with Crippen molar-refractivity contribution >= 4 is 17.5 Å². The molecule has 1 aromatic carbocycles. The summed E-state index contributed by atoms with van der Waals surface area (Å²) in [6, 6.07) is 8.64. The Labute approximate surface area is 136 Å². The standard InChI is InChI=1S/C17H22FN5/c1-2-8-19-17-20-9-7-16(21-17)23-12-10-22(11-13-23)15-5-3-14(18)4-6-15/h3-7,9H,2,8,10-13H2,1H3,(H,19,20,21). The molecule has 1 aliphatic heterocycles. The number of benzene rings is 1. The number of piperazine rings is 1. The molecule has 0 bridgehead atoms. The van der Waals surface area contributed by atoms with Gasteiger partial charge >= 0.3 is 0 Å². The van der Waals surface area contributed by atoms with E-state index in [4.69, 9.17) is 0 Å². The van der Waals surface area contributed by atoms with E-state index in [-0.39, 0.29) is 5.82 Å². The lowest BCUT2D eigenvalue weighted by Gasteiger charge is -2.36. The van der Waals surface area contributed by atoms with Crippen molar-refractivity contribution in [2.45, 2.75) is 13.3 Å². The lowest BCUT2D eigenvalue weighted by atomic mass is 10.2. The molecular formula is C17H22FN5. The van der Waals surface area contributed by atoms with Crippen molar-refractivity contribution in [1.82, 2.24) is 9.97 Å². The van der Waals surface area contributed by atoms with Gasteiger partial charge in [-0.15, -0.1) is 0 Å². The van der Waals surface area contributed by atoms with Crippen LogP contribution >= 0.6 is 0 Å². The first-order valence-corrected chi connectivity index (χ1v) is 8.08. The van der Waals surface area contributed by atoms with Crippen LogP contribution in [0.15, 0.2) is 36.5 Å². The van der Waals surface area contributed by atoms with Crippen LogP contribution < -0.4 is 15.1 Å². The topological polar surface area (TPSA) is 44.3 Å². The van der Waals surface area contributed by atoms with Crippen molar-refractivity contribution in [2.24, 2.45) is 0 Å². The van der Waals surface area contributed by atoms with E-state index in [0.717, 1.165) is 50.6 Å². The number of nitrogens with zero attached hydrogens (tertiary/aromatic N) is 4. The molecule has 0 spiro atoms. The number of halogens is 1. The van der Waals surface area contributed by atoms with Gasteiger partial charge in [-0.05, 0) is 36.8 Å². The number of aromatic nitrogens is 2. The highest BCUT2D eigenvalue weighted by Gasteiger charge is 2.18. The lowest BCUT2D eigenvalue weighted by molar-refractivity contribution is 0.624. The van der Waals surface area contributed by atoms with Crippen molar-refractivity contribution in [1.29, 1.82) is 0 Å². The van der Waals surface area contributed by atoms with Crippen molar-refractivity contribution in [3.8, 4) is 0 Å². The van der Waals surface area contributed by atoms with Gasteiger partial charge in [0.1, 0.15) is 11.6 Å². The minimum atomic E-state index is -0.194. The normalized spacial score (nSPS) is 14.9. The predicted octanol–water partition coefficient (Wildman–Crippen LogP) is 2.76. The molecule has 0 unspecified atom stereocenters. The maximum Gasteiger partial charge on any atom is 0.224 e. The molecular weight excluding hydrogens is 293 g/mol. The molecule has 3 rings (SSSR count). The van der Waals surface area contributed by atoms with E-state index in [1.807, 2.05) is 18.2 Å². The minimum absolute atomic E-state index is 0.194. The summed E-state index contributed by atoms with van der Waals surface area (Å²) in [6.07, 6.45) is 2.84. The third kappa shape index (κ3) is 3.88. The Morgan fingerprint density at radius 1 is 1.04 bits per heavy atom. The van der Waals surface area contributed by atoms with Gasteiger partial charge in [0.15, 0.2) is 0 Å². The van der Waals surface area contributed by atoms with Gasteiger partial charge in [-0.1, -0.05) is 6.92 Å². The molecule has 6 heteroatoms. The predicted molar refractivity (Wildman–Crippen MR) is 91.6 cm³/mol. The number of nitrogens with one attached hydrogen (secondary N) is 1. The van der Waals surface area contributed by atoms with E-state index >= 15 is 0 Å². The number of hydrogen-bond acceptors (Lipinski definition) is 5. The first-order valence-electron chi connectivity index (χ1n) is 8.08. The van der Waals surface area contributed by atoms with Gasteiger partial charge in [0.25, 0.3) is 0 Å². The van der Waals surface area contributed by atoms with E-state index in [2.05, 4.69) is 32.0 Å². The summed E-state index contributed by atoms with van der Waals surface area (Å²) in [5.74, 6) is 1.45. The van der Waals surface area contributed by atoms with Gasteiger partial charge < -0.3 is 15.1 Å². The van der Waals surface area contributed by atoms with Crippen LogP contribution in [-0.2, 0) is 0 Å². The van der Waals surface area contributed by atoms with Gasteiger partial charge in [0, 0.05) is 44.6 Å². The SMILES string of the molecule is CCCNc1nccc(N2CCN(c3ccc(F)cc3)CC2)n1. The van der Waals surface area contributed by atoms with Gasteiger partial charge in [-0.2, -0.15) is 4.98 Å². The molecule has 1 aromatic heterocycles. The summed E-state index contributed by atoms with van der Waals surface area (Å²) in [7, 11) is 0. The Kier molecular flexibility index (Phi) is 4.90. The average molecular weight is 315 g/mol. The summed E-state index contributed by atoms with van der Waals surface area (Å²) in [5, 5.41) is 3.22. The summed E-state index contributed by atoms with van der Waals surface area (Å²) < 4.78 is 13.0. The van der Waals surface area contributed by atoms with Gasteiger partial charge in [-0.25, -0.2) is 9.37 Å². The highest BCUT2D eigenvalue weighted by molar-refractivity contribution is 5.50. The summed E-state index contributed by atoms with van der Waals surface area (Å²) >= 11 is 0. The minimum Gasteiger partial charge on any atom is -0.368 e. The Bertz CT molecular complexity index is 623. The number of hydrogen-bond donors (Lipinski definition) is 1. The Morgan fingerprint density at radius 3 is 2.43 bits per heavy atom. The number of anilines is 3. The second kappa shape index (κ2) is 7.26. The zero-order valence-electron chi connectivity index (χ0n) is 13.4. The molecule has 1 saturated heterocycles. The largest absolute Gasteiger partial charge is 0.368 e. The molecule has 1 N–H and O–H groups in total. The van der Waals surface area contributed by atoms with Crippen LogP contribution in [0.1, 0.15) is 13.3 Å². The Morgan fingerprint density at radius 2 is 1.74 bits per heavy atom. The van der Waals surface area contributed by atoms with Crippen LogP contribution in [0, 0.1) is 5.82 Å². The van der Waals surface area contributed by atoms with E-state index in [0.29, 0.717) is 5.95 Å². The molecule has 5 nitrogen and oxygen atoms in total. The average Bonchev–Trinajstić information content (AvgIpc) is 2.61. The van der Waals surface area contributed by atoms with E-state index in [9.17, 15) is 4.39 Å². The molecule has 0 atom stereocenters. The highest BCUT2D eigenvalue weighted by Crippen LogP contribution is 2.20. The molecule has 2 aromatic rings. The molecule has 1 aliphatic rings. The second-order valence-electron chi connectivity index (χ2n) is 5.62. The second-order valence-corrected chi connectivity index (χ2v) is 5.62. The highest BCUT2D eigenvalue weighted by atomic mass is 19.1. The molecule has 0 saturated carbocycles. The van der Waals surface area contributed by atoms with Gasteiger partial charge in [0.05, 0.1) is 0 Å². The van der Waals surface area contributed by atoms with Crippen molar-refractivity contribution < 1.29 is 4.39 Å². The Balaban J connectivity index is 1.61. The third-order valence-corrected chi connectivity index (χ3v) is 3.97. The smallest absolute Gasteiger partial charge is 0.224 e. The van der Waals surface area contributed by atoms with Crippen molar-refractivity contribution in [3.05, 3.63) is 42.3 Å². The van der Waals surface area contributed by atoms with E-state index in [1.165, 1.54) is 12.1 Å². The van der Waals surface area contributed by atoms with Crippen LogP contribution in [0.3, 0.4) is 0 Å². The molecule has 122 valence electrons. The fourth-order valence-corrected chi connectivity index (χ4v) is 2.69. The van der Waals surface area contributed by atoms with Gasteiger partial charge in [-0.3, -0.25) is 0 Å². The third-order valence-electron chi connectivity index (χ3n) is 3.97. The fourth-order valence-electron chi connectivity index (χ4n) is 2.69. The zero-order chi connectivity index (χ0) is 16.1. The first-order chi connectivity index (χ1) is 11.3. The molecule has 1 fully saturated rings. The lowest BCUT2D eigenvalue weighted by Crippen LogP contribution is -2.46. The summed E-state index contributed by atoms with van der Waals surface area (Å²) in [5.41, 5.74) is 1.07. The Hall–Kier alpha value is -2.37. The fraction of sp³-hybridized carbons (Fsp3) is 0.412. The monoisotopic (exact) mass is 315 g/mol. The summed E-state index contributed by atoms with van der Waals surface area (Å²) in [6.45, 7) is 6.57. The number of rotatable bonds is 5. The van der Waals surface area contributed by atoms with Gasteiger partial charge in [0.2, 0.25) is 5.95 Å². The van der Waals surface area contributed by atoms with Crippen molar-refractivity contribution in [3.63, 3.8) is 0 Å². The molecule has 0 radical (unpaired) electrons. The maximum absolute atomic E-state index is 13.0. The van der Waals surface area contributed by atoms with Crippen LogP contribution in [-0.4, -0.2) is 42.7 Å². The first kappa shape index (κ1) is 15.5.